The molecule has 1 aliphatic heterocycles. The first kappa shape index (κ1) is 10.4. The maximum Gasteiger partial charge on any atom is 0.169 e. The van der Waals surface area contributed by atoms with Gasteiger partial charge in [-0.2, -0.15) is 0 Å². The quantitative estimate of drug-likeness (QED) is 0.737. The van der Waals surface area contributed by atoms with E-state index in [1.165, 1.54) is 11.1 Å². The summed E-state index contributed by atoms with van der Waals surface area (Å²) in [6.07, 6.45) is 2.92. The Morgan fingerprint density at radius 1 is 1.27 bits per heavy atom. The molecule has 1 aromatic carbocycles. The summed E-state index contributed by atoms with van der Waals surface area (Å²) in [6.45, 7) is 2.59. The van der Waals surface area contributed by atoms with Gasteiger partial charge in [0.05, 0.1) is 6.61 Å². The van der Waals surface area contributed by atoms with Gasteiger partial charge in [0.1, 0.15) is 0 Å². The van der Waals surface area contributed by atoms with Crippen molar-refractivity contribution in [2.45, 2.75) is 19.1 Å². The minimum absolute atomic E-state index is 0.472. The largest absolute Gasteiger partial charge is 0.353 e. The SMILES string of the molecule is COC1(C)CC(c2ccccc2)=CCO1. The van der Waals surface area contributed by atoms with Crippen LogP contribution in [-0.2, 0) is 9.47 Å². The molecule has 0 saturated heterocycles. The van der Waals surface area contributed by atoms with Gasteiger partial charge in [-0.15, -0.1) is 0 Å². The second-order valence-electron chi connectivity index (χ2n) is 3.92. The third-order valence-corrected chi connectivity index (χ3v) is 2.81. The third-order valence-electron chi connectivity index (χ3n) is 2.81. The minimum Gasteiger partial charge on any atom is -0.353 e. The van der Waals surface area contributed by atoms with Crippen LogP contribution in [0.1, 0.15) is 18.9 Å². The lowest BCUT2D eigenvalue weighted by molar-refractivity contribution is -0.203. The summed E-state index contributed by atoms with van der Waals surface area (Å²) in [5.41, 5.74) is 2.55. The van der Waals surface area contributed by atoms with Crippen LogP contribution in [0.25, 0.3) is 5.57 Å². The van der Waals surface area contributed by atoms with Gasteiger partial charge >= 0.3 is 0 Å². The summed E-state index contributed by atoms with van der Waals surface area (Å²) >= 11 is 0. The molecule has 0 spiro atoms. The van der Waals surface area contributed by atoms with Crippen LogP contribution in [0.5, 0.6) is 0 Å². The van der Waals surface area contributed by atoms with Crippen molar-refractivity contribution in [2.24, 2.45) is 0 Å². The number of rotatable bonds is 2. The van der Waals surface area contributed by atoms with E-state index in [9.17, 15) is 0 Å². The Morgan fingerprint density at radius 3 is 2.67 bits per heavy atom. The van der Waals surface area contributed by atoms with Gasteiger partial charge in [-0.25, -0.2) is 0 Å². The summed E-state index contributed by atoms with van der Waals surface area (Å²) in [6, 6.07) is 10.4. The average molecular weight is 204 g/mol. The number of ether oxygens (including phenoxy) is 2. The molecule has 2 rings (SSSR count). The van der Waals surface area contributed by atoms with E-state index >= 15 is 0 Å². The molecule has 0 fully saturated rings. The fourth-order valence-electron chi connectivity index (χ4n) is 1.79. The molecule has 1 unspecified atom stereocenters. The first-order chi connectivity index (χ1) is 7.23. The normalized spacial score (nSPS) is 26.1. The first-order valence-corrected chi connectivity index (χ1v) is 5.17. The Labute approximate surface area is 90.5 Å². The van der Waals surface area contributed by atoms with Crippen LogP contribution in [0.3, 0.4) is 0 Å². The van der Waals surface area contributed by atoms with Crippen LogP contribution in [0.4, 0.5) is 0 Å². The first-order valence-electron chi connectivity index (χ1n) is 5.17. The molecule has 0 saturated carbocycles. The van der Waals surface area contributed by atoms with E-state index in [4.69, 9.17) is 9.47 Å². The molecule has 1 heterocycles. The van der Waals surface area contributed by atoms with E-state index in [1.807, 2.05) is 13.0 Å². The molecular formula is C13H16O2. The predicted octanol–water partition coefficient (Wildman–Crippen LogP) is 2.85. The molecular weight excluding hydrogens is 188 g/mol. The highest BCUT2D eigenvalue weighted by Crippen LogP contribution is 2.31. The fourth-order valence-corrected chi connectivity index (χ4v) is 1.79. The van der Waals surface area contributed by atoms with Crippen molar-refractivity contribution in [3.8, 4) is 0 Å². The molecule has 1 aliphatic rings. The molecule has 80 valence electrons. The van der Waals surface area contributed by atoms with Crippen molar-refractivity contribution in [1.82, 2.24) is 0 Å². The van der Waals surface area contributed by atoms with E-state index < -0.39 is 5.79 Å². The summed E-state index contributed by atoms with van der Waals surface area (Å²) in [7, 11) is 1.69. The lowest BCUT2D eigenvalue weighted by atomic mass is 9.96. The molecule has 2 nitrogen and oxygen atoms in total. The molecule has 0 amide bonds. The molecule has 0 bridgehead atoms. The van der Waals surface area contributed by atoms with Crippen LogP contribution in [0.2, 0.25) is 0 Å². The number of benzene rings is 1. The zero-order chi connectivity index (χ0) is 10.7. The van der Waals surface area contributed by atoms with E-state index in [0.29, 0.717) is 6.61 Å². The molecule has 0 radical (unpaired) electrons. The number of hydrogen-bond acceptors (Lipinski definition) is 2. The molecule has 15 heavy (non-hydrogen) atoms. The Morgan fingerprint density at radius 2 is 2.00 bits per heavy atom. The Bertz CT molecular complexity index is 356. The van der Waals surface area contributed by atoms with Crippen LogP contribution in [0.15, 0.2) is 36.4 Å². The average Bonchev–Trinajstić information content (AvgIpc) is 2.30. The van der Waals surface area contributed by atoms with Gasteiger partial charge < -0.3 is 9.47 Å². The van der Waals surface area contributed by atoms with Gasteiger partial charge in [-0.05, 0) is 18.1 Å². The molecule has 2 heteroatoms. The van der Waals surface area contributed by atoms with Gasteiger partial charge in [0.25, 0.3) is 0 Å². The van der Waals surface area contributed by atoms with Crippen LogP contribution in [0, 0.1) is 0 Å². The fraction of sp³-hybridized carbons (Fsp3) is 0.385. The van der Waals surface area contributed by atoms with Crippen molar-refractivity contribution in [3.63, 3.8) is 0 Å². The standard InChI is InChI=1S/C13H16O2/c1-13(14-2)10-12(8-9-15-13)11-6-4-3-5-7-11/h3-8H,9-10H2,1-2H3. The third kappa shape index (κ3) is 2.28. The van der Waals surface area contributed by atoms with Crippen molar-refractivity contribution in [2.75, 3.05) is 13.7 Å². The van der Waals surface area contributed by atoms with Crippen LogP contribution < -0.4 is 0 Å². The highest BCUT2D eigenvalue weighted by molar-refractivity contribution is 5.66. The summed E-state index contributed by atoms with van der Waals surface area (Å²) in [5.74, 6) is -0.472. The number of hydrogen-bond donors (Lipinski definition) is 0. The van der Waals surface area contributed by atoms with E-state index in [-0.39, 0.29) is 0 Å². The maximum atomic E-state index is 5.57. The predicted molar refractivity (Wildman–Crippen MR) is 60.4 cm³/mol. The molecule has 1 aromatic rings. The smallest absolute Gasteiger partial charge is 0.169 e. The molecule has 0 aromatic heterocycles. The van der Waals surface area contributed by atoms with E-state index in [1.54, 1.807) is 7.11 Å². The topological polar surface area (TPSA) is 18.5 Å². The molecule has 0 aliphatic carbocycles. The maximum absolute atomic E-state index is 5.57. The summed E-state index contributed by atoms with van der Waals surface area (Å²) < 4.78 is 10.9. The Balaban J connectivity index is 2.22. The van der Waals surface area contributed by atoms with Crippen LogP contribution in [-0.4, -0.2) is 19.5 Å². The van der Waals surface area contributed by atoms with Crippen molar-refractivity contribution in [3.05, 3.63) is 42.0 Å². The van der Waals surface area contributed by atoms with Gasteiger partial charge in [0.15, 0.2) is 5.79 Å². The monoisotopic (exact) mass is 204 g/mol. The Kier molecular flexibility index (Phi) is 2.89. The van der Waals surface area contributed by atoms with Crippen molar-refractivity contribution >= 4 is 5.57 Å². The second-order valence-corrected chi connectivity index (χ2v) is 3.92. The highest BCUT2D eigenvalue weighted by Gasteiger charge is 2.28. The summed E-state index contributed by atoms with van der Waals surface area (Å²) in [5, 5.41) is 0. The van der Waals surface area contributed by atoms with Gasteiger partial charge in [-0.3, -0.25) is 0 Å². The Hall–Kier alpha value is -1.12. The molecule has 1 atom stereocenters. The highest BCUT2D eigenvalue weighted by atomic mass is 16.7. The van der Waals surface area contributed by atoms with Crippen molar-refractivity contribution in [1.29, 1.82) is 0 Å². The van der Waals surface area contributed by atoms with E-state index in [2.05, 4.69) is 30.3 Å². The van der Waals surface area contributed by atoms with Gasteiger partial charge in [-0.1, -0.05) is 36.4 Å². The zero-order valence-electron chi connectivity index (χ0n) is 9.19. The van der Waals surface area contributed by atoms with Crippen LogP contribution >= 0.6 is 0 Å². The van der Waals surface area contributed by atoms with Crippen molar-refractivity contribution < 1.29 is 9.47 Å². The number of methoxy groups -OCH3 is 1. The van der Waals surface area contributed by atoms with Gasteiger partial charge in [0.2, 0.25) is 0 Å². The zero-order valence-corrected chi connectivity index (χ0v) is 9.19. The lowest BCUT2D eigenvalue weighted by Crippen LogP contribution is -2.34. The summed E-state index contributed by atoms with van der Waals surface area (Å²) in [4.78, 5) is 0. The van der Waals surface area contributed by atoms with Gasteiger partial charge in [0, 0.05) is 13.5 Å². The second kappa shape index (κ2) is 4.17. The lowest BCUT2D eigenvalue weighted by Gasteiger charge is -2.32. The molecule has 0 N–H and O–H groups in total. The van der Waals surface area contributed by atoms with E-state index in [0.717, 1.165) is 6.42 Å². The minimum atomic E-state index is -0.472.